The van der Waals surface area contributed by atoms with E-state index in [0.717, 1.165) is 42.2 Å². The highest BCUT2D eigenvalue weighted by Gasteiger charge is 2.26. The number of nitrogens with one attached hydrogen (secondary N) is 1. The van der Waals surface area contributed by atoms with Gasteiger partial charge in [0.05, 0.1) is 6.20 Å². The van der Waals surface area contributed by atoms with Crippen molar-refractivity contribution in [2.24, 2.45) is 5.41 Å². The first-order valence-electron chi connectivity index (χ1n) is 9.93. The van der Waals surface area contributed by atoms with Gasteiger partial charge in [-0.1, -0.05) is 38.1 Å². The van der Waals surface area contributed by atoms with Gasteiger partial charge in [-0.3, -0.25) is 4.79 Å². The molecule has 1 aromatic heterocycles. The minimum atomic E-state index is -0.589. The molecule has 5 heteroatoms. The molecule has 0 amide bonds. The van der Waals surface area contributed by atoms with Crippen LogP contribution in [0.3, 0.4) is 0 Å². The number of aromatic amines is 1. The summed E-state index contributed by atoms with van der Waals surface area (Å²) in [7, 11) is 0. The van der Waals surface area contributed by atoms with Crippen LogP contribution in [0, 0.1) is 16.7 Å². The number of hydrogen-bond acceptors (Lipinski definition) is 4. The van der Waals surface area contributed by atoms with E-state index >= 15 is 0 Å². The van der Waals surface area contributed by atoms with Crippen molar-refractivity contribution in [1.82, 2.24) is 9.97 Å². The molecular formula is C24H27N3O2. The highest BCUT2D eigenvalue weighted by atomic mass is 16.1. The van der Waals surface area contributed by atoms with E-state index in [1.165, 1.54) is 11.8 Å². The average Bonchev–Trinajstić information content (AvgIpc) is 3.18. The number of carbonyl (C=O) groups is 2. The van der Waals surface area contributed by atoms with E-state index in [0.29, 0.717) is 0 Å². The Kier molecular flexibility index (Phi) is 5.57. The van der Waals surface area contributed by atoms with Gasteiger partial charge in [0.2, 0.25) is 5.78 Å². The molecule has 0 radical (unpaired) electrons. The molecule has 0 saturated carbocycles. The summed E-state index contributed by atoms with van der Waals surface area (Å²) < 4.78 is 0. The third-order valence-electron chi connectivity index (χ3n) is 5.78. The largest absolute Gasteiger partial charge is 0.327 e. The van der Waals surface area contributed by atoms with Gasteiger partial charge >= 0.3 is 0 Å². The summed E-state index contributed by atoms with van der Waals surface area (Å²) in [5.41, 5.74) is 4.08. The van der Waals surface area contributed by atoms with Gasteiger partial charge < -0.3 is 9.78 Å². The molecule has 29 heavy (non-hydrogen) atoms. The molecular weight excluding hydrogens is 362 g/mol. The molecule has 1 aliphatic carbocycles. The van der Waals surface area contributed by atoms with Gasteiger partial charge in [-0.05, 0) is 60.8 Å². The molecule has 1 N–H and O–H groups in total. The fraction of sp³-hybridized carbons (Fsp3) is 0.417. The zero-order chi connectivity index (χ0) is 21.2. The summed E-state index contributed by atoms with van der Waals surface area (Å²) in [6, 6.07) is 7.89. The Bertz CT molecular complexity index is 1020. The van der Waals surface area contributed by atoms with Crippen LogP contribution in [-0.2, 0) is 16.6 Å². The maximum atomic E-state index is 12.7. The highest BCUT2D eigenvalue weighted by molar-refractivity contribution is 5.95. The predicted octanol–water partition coefficient (Wildman–Crippen LogP) is 4.78. The highest BCUT2D eigenvalue weighted by Crippen LogP contribution is 2.39. The Balaban J connectivity index is 1.99. The van der Waals surface area contributed by atoms with Crippen LogP contribution in [0.15, 0.2) is 30.5 Å². The number of carbonyl (C=O) groups excluding carboxylic acids is 2. The molecule has 150 valence electrons. The first-order valence-corrected chi connectivity index (χ1v) is 9.93. The fourth-order valence-electron chi connectivity index (χ4n) is 3.60. The number of nitriles is 1. The van der Waals surface area contributed by atoms with Crippen LogP contribution in [0.1, 0.15) is 80.0 Å². The second kappa shape index (κ2) is 7.79. The second-order valence-corrected chi connectivity index (χ2v) is 9.17. The molecule has 5 nitrogen and oxygen atoms in total. The van der Waals surface area contributed by atoms with Gasteiger partial charge in [-0.2, -0.15) is 5.26 Å². The van der Waals surface area contributed by atoms with Gasteiger partial charge in [0.1, 0.15) is 18.0 Å². The molecule has 1 heterocycles. The van der Waals surface area contributed by atoms with Crippen molar-refractivity contribution in [3.63, 3.8) is 0 Å². The number of imidazole rings is 1. The number of rotatable bonds is 6. The van der Waals surface area contributed by atoms with Crippen molar-refractivity contribution in [1.29, 1.82) is 5.26 Å². The maximum absolute atomic E-state index is 12.7. The summed E-state index contributed by atoms with van der Waals surface area (Å²) in [5, 5.41) is 8.94. The normalized spacial score (nSPS) is 16.0. The number of allylic oxidation sites excluding steroid dienone is 2. The lowest BCUT2D eigenvalue weighted by Gasteiger charge is -2.30. The van der Waals surface area contributed by atoms with E-state index in [2.05, 4.69) is 36.0 Å². The zero-order valence-corrected chi connectivity index (χ0v) is 17.5. The Morgan fingerprint density at radius 3 is 2.72 bits per heavy atom. The van der Waals surface area contributed by atoms with Crippen molar-refractivity contribution < 1.29 is 9.59 Å². The minimum absolute atomic E-state index is 0.160. The van der Waals surface area contributed by atoms with Gasteiger partial charge in [-0.25, -0.2) is 4.98 Å². The summed E-state index contributed by atoms with van der Waals surface area (Å²) in [4.78, 5) is 31.1. The SMILES string of the molecule is CC1(C)CC=C(c2cc(C(C)(C)C=O)ccc2CC(=O)c2ncc(C#N)[nH]2)CC1. The summed E-state index contributed by atoms with van der Waals surface area (Å²) in [5.74, 6) is 0.0374. The molecule has 1 aliphatic rings. The van der Waals surface area contributed by atoms with E-state index in [9.17, 15) is 9.59 Å². The van der Waals surface area contributed by atoms with Gasteiger partial charge in [0, 0.05) is 11.8 Å². The first-order chi connectivity index (χ1) is 13.6. The third-order valence-corrected chi connectivity index (χ3v) is 5.78. The Hall–Kier alpha value is -3.00. The monoisotopic (exact) mass is 389 g/mol. The number of nitrogens with zero attached hydrogens (tertiary/aromatic N) is 2. The molecule has 2 aromatic rings. The lowest BCUT2D eigenvalue weighted by Crippen LogP contribution is -2.20. The average molecular weight is 389 g/mol. The van der Waals surface area contributed by atoms with Gasteiger partial charge in [-0.15, -0.1) is 0 Å². The van der Waals surface area contributed by atoms with Crippen LogP contribution in [0.2, 0.25) is 0 Å². The molecule has 0 saturated heterocycles. The molecule has 0 bridgehead atoms. The quantitative estimate of drug-likeness (QED) is 0.569. The number of hydrogen-bond donors (Lipinski definition) is 1. The Morgan fingerprint density at radius 1 is 1.38 bits per heavy atom. The Morgan fingerprint density at radius 2 is 2.14 bits per heavy atom. The van der Waals surface area contributed by atoms with Crippen LogP contribution in [0.4, 0.5) is 0 Å². The van der Waals surface area contributed by atoms with E-state index in [1.54, 1.807) is 0 Å². The summed E-state index contributed by atoms with van der Waals surface area (Å²) in [6.45, 7) is 8.32. The van der Waals surface area contributed by atoms with Crippen molar-refractivity contribution in [2.45, 2.75) is 58.8 Å². The number of benzene rings is 1. The van der Waals surface area contributed by atoms with E-state index in [1.807, 2.05) is 32.0 Å². The summed E-state index contributed by atoms with van der Waals surface area (Å²) >= 11 is 0. The molecule has 0 fully saturated rings. The number of Topliss-reactive ketones (excluding diaryl/α,β-unsaturated/α-hetero) is 1. The van der Waals surface area contributed by atoms with E-state index in [-0.39, 0.29) is 29.1 Å². The summed E-state index contributed by atoms with van der Waals surface area (Å²) in [6.07, 6.45) is 7.80. The molecule has 0 unspecified atom stereocenters. The fourth-order valence-corrected chi connectivity index (χ4v) is 3.60. The molecule has 0 atom stereocenters. The number of aromatic nitrogens is 2. The maximum Gasteiger partial charge on any atom is 0.202 e. The standard InChI is InChI=1S/C24H27N3O2/c1-23(2)9-7-16(8-10-23)20-12-18(24(3,4)15-28)6-5-17(20)11-21(29)22-26-14-19(13-25)27-22/h5-7,12,14-15H,8-11H2,1-4H3,(H,26,27). The van der Waals surface area contributed by atoms with Crippen LogP contribution < -0.4 is 0 Å². The van der Waals surface area contributed by atoms with Crippen LogP contribution in [0.25, 0.3) is 5.57 Å². The topological polar surface area (TPSA) is 86.6 Å². The first kappa shape index (κ1) is 20.7. The Labute approximate surface area is 171 Å². The van der Waals surface area contributed by atoms with Crippen molar-refractivity contribution in [3.8, 4) is 6.07 Å². The van der Waals surface area contributed by atoms with Crippen molar-refractivity contribution in [2.75, 3.05) is 0 Å². The number of H-pyrrole nitrogens is 1. The predicted molar refractivity (Wildman–Crippen MR) is 112 cm³/mol. The lowest BCUT2D eigenvalue weighted by atomic mass is 9.75. The van der Waals surface area contributed by atoms with Crippen LogP contribution in [-0.4, -0.2) is 22.0 Å². The van der Waals surface area contributed by atoms with E-state index < -0.39 is 5.41 Å². The third kappa shape index (κ3) is 4.54. The molecule has 3 rings (SSSR count). The lowest BCUT2D eigenvalue weighted by molar-refractivity contribution is -0.111. The van der Waals surface area contributed by atoms with E-state index in [4.69, 9.17) is 5.26 Å². The van der Waals surface area contributed by atoms with Crippen LogP contribution in [0.5, 0.6) is 0 Å². The van der Waals surface area contributed by atoms with Crippen molar-refractivity contribution in [3.05, 3.63) is 58.7 Å². The minimum Gasteiger partial charge on any atom is -0.327 e. The smallest absolute Gasteiger partial charge is 0.202 e. The molecule has 0 aliphatic heterocycles. The van der Waals surface area contributed by atoms with Gasteiger partial charge in [0.15, 0.2) is 5.82 Å². The number of ketones is 1. The molecule has 0 spiro atoms. The number of aldehydes is 1. The van der Waals surface area contributed by atoms with Crippen LogP contribution >= 0.6 is 0 Å². The van der Waals surface area contributed by atoms with Crippen molar-refractivity contribution >= 4 is 17.6 Å². The molecule has 1 aromatic carbocycles. The van der Waals surface area contributed by atoms with Gasteiger partial charge in [0.25, 0.3) is 0 Å². The second-order valence-electron chi connectivity index (χ2n) is 9.17. The zero-order valence-electron chi connectivity index (χ0n) is 17.5.